The highest BCUT2D eigenvalue weighted by Crippen LogP contribution is 2.29. The molecule has 11 heteroatoms. The molecule has 11 nitrogen and oxygen atoms in total. The monoisotopic (exact) mass is 390 g/mol. The van der Waals surface area contributed by atoms with Gasteiger partial charge in [-0.05, 0) is 0 Å². The van der Waals surface area contributed by atoms with Crippen molar-refractivity contribution in [3.63, 3.8) is 0 Å². The minimum absolute atomic E-state index is 0.393. The first-order chi connectivity index (χ1) is 12.5. The zero-order valence-corrected chi connectivity index (χ0v) is 15.6. The molecule has 0 radical (unpaired) electrons. The van der Waals surface area contributed by atoms with Gasteiger partial charge in [0.05, 0.1) is 0 Å². The Kier molecular flexibility index (Phi) is 8.16. The SMILES string of the molecule is CC(=O)OCC1O[C@H](OC(C)=O)C(OC(C)=O)C(OC(C)=O)[C@@H]1OC(C)=O. The van der Waals surface area contributed by atoms with Crippen LogP contribution in [0.25, 0.3) is 0 Å². The molecule has 3 unspecified atom stereocenters. The summed E-state index contributed by atoms with van der Waals surface area (Å²) in [6, 6.07) is 0. The van der Waals surface area contributed by atoms with Crippen molar-refractivity contribution in [2.24, 2.45) is 0 Å². The highest BCUT2D eigenvalue weighted by Gasteiger charge is 2.53. The molecule has 27 heavy (non-hydrogen) atoms. The Morgan fingerprint density at radius 3 is 1.52 bits per heavy atom. The standard InChI is InChI=1S/C16H22O11/c1-7(17)22-6-12-13(23-8(2)18)14(24-9(3)19)15(25-10(4)20)16(27-12)26-11(5)21/h12-16H,6H2,1-5H3/t12?,13-,14?,15?,16+/m1/s1. The third kappa shape index (κ3) is 7.21. The van der Waals surface area contributed by atoms with Crippen LogP contribution in [-0.2, 0) is 52.4 Å². The summed E-state index contributed by atoms with van der Waals surface area (Å²) in [7, 11) is 0. The Hall–Kier alpha value is -2.69. The quantitative estimate of drug-likeness (QED) is 0.433. The van der Waals surface area contributed by atoms with E-state index in [2.05, 4.69) is 0 Å². The molecule has 1 aliphatic rings. The van der Waals surface area contributed by atoms with Gasteiger partial charge in [-0.25, -0.2) is 0 Å². The minimum atomic E-state index is -1.48. The predicted molar refractivity (Wildman–Crippen MR) is 83.7 cm³/mol. The molecule has 0 aromatic heterocycles. The molecular weight excluding hydrogens is 368 g/mol. The normalized spacial score (nSPS) is 27.1. The third-order valence-corrected chi connectivity index (χ3v) is 3.23. The van der Waals surface area contributed by atoms with Gasteiger partial charge in [0.15, 0.2) is 12.2 Å². The van der Waals surface area contributed by atoms with Crippen LogP contribution in [0.15, 0.2) is 0 Å². The number of carbonyl (C=O) groups excluding carboxylic acids is 5. The van der Waals surface area contributed by atoms with Crippen molar-refractivity contribution in [2.45, 2.75) is 65.3 Å². The maximum Gasteiger partial charge on any atom is 0.305 e. The van der Waals surface area contributed by atoms with Crippen molar-refractivity contribution in [1.29, 1.82) is 0 Å². The van der Waals surface area contributed by atoms with E-state index in [4.69, 9.17) is 28.4 Å². The van der Waals surface area contributed by atoms with Gasteiger partial charge in [-0.15, -0.1) is 0 Å². The largest absolute Gasteiger partial charge is 0.463 e. The summed E-state index contributed by atoms with van der Waals surface area (Å²) in [4.78, 5) is 57.0. The molecule has 1 aliphatic heterocycles. The first-order valence-electron chi connectivity index (χ1n) is 7.99. The Bertz CT molecular complexity index is 599. The van der Waals surface area contributed by atoms with E-state index < -0.39 is 67.2 Å². The van der Waals surface area contributed by atoms with Crippen molar-refractivity contribution < 1.29 is 52.4 Å². The van der Waals surface area contributed by atoms with Gasteiger partial charge in [0, 0.05) is 34.6 Å². The molecule has 152 valence electrons. The summed E-state index contributed by atoms with van der Waals surface area (Å²) in [5.41, 5.74) is 0. The average Bonchev–Trinajstić information content (AvgIpc) is 2.49. The van der Waals surface area contributed by atoms with E-state index >= 15 is 0 Å². The molecule has 1 saturated heterocycles. The van der Waals surface area contributed by atoms with Crippen LogP contribution >= 0.6 is 0 Å². The van der Waals surface area contributed by atoms with Crippen LogP contribution in [0.3, 0.4) is 0 Å². The average molecular weight is 390 g/mol. The van der Waals surface area contributed by atoms with Crippen molar-refractivity contribution >= 4 is 29.8 Å². The van der Waals surface area contributed by atoms with E-state index in [1.807, 2.05) is 0 Å². The molecule has 0 spiro atoms. The second-order valence-corrected chi connectivity index (χ2v) is 5.68. The lowest BCUT2D eigenvalue weighted by Gasteiger charge is -2.43. The van der Waals surface area contributed by atoms with Crippen LogP contribution in [0, 0.1) is 0 Å². The van der Waals surface area contributed by atoms with Crippen LogP contribution in [0.1, 0.15) is 34.6 Å². The Labute approximate surface area is 155 Å². The molecule has 0 amide bonds. The van der Waals surface area contributed by atoms with Gasteiger partial charge >= 0.3 is 29.8 Å². The van der Waals surface area contributed by atoms with Gasteiger partial charge < -0.3 is 28.4 Å². The molecule has 1 fully saturated rings. The predicted octanol–water partition coefficient (Wildman–Crippen LogP) is -0.367. The molecule has 0 N–H and O–H groups in total. The summed E-state index contributed by atoms with van der Waals surface area (Å²) in [5, 5.41) is 0. The highest BCUT2D eigenvalue weighted by molar-refractivity contribution is 5.69. The van der Waals surface area contributed by atoms with Gasteiger partial charge in [-0.2, -0.15) is 0 Å². The number of esters is 5. The summed E-state index contributed by atoms with van der Waals surface area (Å²) >= 11 is 0. The molecule has 0 aromatic carbocycles. The molecule has 0 bridgehead atoms. The van der Waals surface area contributed by atoms with Gasteiger partial charge in [0.25, 0.3) is 0 Å². The zero-order valence-electron chi connectivity index (χ0n) is 15.6. The smallest absolute Gasteiger partial charge is 0.305 e. The molecule has 0 aromatic rings. The highest BCUT2D eigenvalue weighted by atomic mass is 16.7. The number of carbonyl (C=O) groups is 5. The van der Waals surface area contributed by atoms with Crippen LogP contribution in [0.5, 0.6) is 0 Å². The van der Waals surface area contributed by atoms with Crippen LogP contribution in [0.2, 0.25) is 0 Å². The lowest BCUT2D eigenvalue weighted by atomic mass is 9.98. The zero-order chi connectivity index (χ0) is 20.7. The minimum Gasteiger partial charge on any atom is -0.463 e. The van der Waals surface area contributed by atoms with Gasteiger partial charge in [-0.3, -0.25) is 24.0 Å². The van der Waals surface area contributed by atoms with Crippen LogP contribution in [-0.4, -0.2) is 67.2 Å². The first-order valence-corrected chi connectivity index (χ1v) is 7.99. The number of ether oxygens (including phenoxy) is 6. The van der Waals surface area contributed by atoms with Crippen LogP contribution < -0.4 is 0 Å². The van der Waals surface area contributed by atoms with E-state index in [0.717, 1.165) is 34.6 Å². The fourth-order valence-corrected chi connectivity index (χ4v) is 2.45. The lowest BCUT2D eigenvalue weighted by molar-refractivity contribution is -0.300. The molecule has 0 aliphatic carbocycles. The molecule has 1 heterocycles. The van der Waals surface area contributed by atoms with Crippen molar-refractivity contribution in [3.8, 4) is 0 Å². The van der Waals surface area contributed by atoms with Crippen molar-refractivity contribution in [3.05, 3.63) is 0 Å². The van der Waals surface area contributed by atoms with Crippen LogP contribution in [0.4, 0.5) is 0 Å². The Morgan fingerprint density at radius 1 is 0.630 bits per heavy atom. The van der Waals surface area contributed by atoms with E-state index in [0.29, 0.717) is 0 Å². The van der Waals surface area contributed by atoms with E-state index in [-0.39, 0.29) is 0 Å². The molecule has 0 saturated carbocycles. The van der Waals surface area contributed by atoms with Gasteiger partial charge in [0.1, 0.15) is 12.7 Å². The number of rotatable bonds is 6. The maximum absolute atomic E-state index is 11.5. The van der Waals surface area contributed by atoms with E-state index in [1.165, 1.54) is 0 Å². The number of hydrogen-bond donors (Lipinski definition) is 0. The van der Waals surface area contributed by atoms with E-state index in [1.54, 1.807) is 0 Å². The maximum atomic E-state index is 11.5. The Balaban J connectivity index is 3.29. The summed E-state index contributed by atoms with van der Waals surface area (Å²) in [6.45, 7) is 5.13. The fraction of sp³-hybridized carbons (Fsp3) is 0.688. The second kappa shape index (κ2) is 9.86. The second-order valence-electron chi connectivity index (χ2n) is 5.68. The molecule has 1 rings (SSSR count). The topological polar surface area (TPSA) is 141 Å². The summed E-state index contributed by atoms with van der Waals surface area (Å²) in [6.07, 6.45) is -6.70. The van der Waals surface area contributed by atoms with Gasteiger partial charge in [0.2, 0.25) is 12.4 Å². The van der Waals surface area contributed by atoms with E-state index in [9.17, 15) is 24.0 Å². The number of hydrogen-bond acceptors (Lipinski definition) is 11. The van der Waals surface area contributed by atoms with Crippen molar-refractivity contribution in [2.75, 3.05) is 6.61 Å². The lowest BCUT2D eigenvalue weighted by Crippen LogP contribution is -2.63. The molecule has 5 atom stereocenters. The summed E-state index contributed by atoms with van der Waals surface area (Å²) < 4.78 is 30.8. The summed E-state index contributed by atoms with van der Waals surface area (Å²) in [5.74, 6) is -3.71. The molecular formula is C16H22O11. The van der Waals surface area contributed by atoms with Crippen molar-refractivity contribution in [1.82, 2.24) is 0 Å². The first kappa shape index (κ1) is 22.4. The fourth-order valence-electron chi connectivity index (χ4n) is 2.45. The van der Waals surface area contributed by atoms with Gasteiger partial charge in [-0.1, -0.05) is 0 Å². The Morgan fingerprint density at radius 2 is 1.07 bits per heavy atom. The third-order valence-electron chi connectivity index (χ3n) is 3.23.